The zero-order valence-corrected chi connectivity index (χ0v) is 19.8. The highest BCUT2D eigenvalue weighted by molar-refractivity contribution is 6.31. The van der Waals surface area contributed by atoms with E-state index in [0.717, 1.165) is 56.2 Å². The maximum atomic E-state index is 6.62. The molecule has 1 saturated carbocycles. The molecule has 0 spiro atoms. The number of benzene rings is 1. The minimum atomic E-state index is -0.0508. The Labute approximate surface area is 193 Å². The summed E-state index contributed by atoms with van der Waals surface area (Å²) in [4.78, 5) is 7.81. The van der Waals surface area contributed by atoms with Gasteiger partial charge in [-0.15, -0.1) is 0 Å². The van der Waals surface area contributed by atoms with Crippen molar-refractivity contribution in [3.63, 3.8) is 0 Å². The molecule has 3 aliphatic rings. The Morgan fingerprint density at radius 2 is 1.84 bits per heavy atom. The average Bonchev–Trinajstić information content (AvgIpc) is 3.34. The second kappa shape index (κ2) is 11.0. The Hall–Kier alpha value is -1.30. The van der Waals surface area contributed by atoms with E-state index < -0.39 is 0 Å². The van der Waals surface area contributed by atoms with Crippen LogP contribution in [0.5, 0.6) is 0 Å². The van der Waals surface area contributed by atoms with Crippen LogP contribution in [0.2, 0.25) is 5.02 Å². The molecule has 0 atom stereocenters. The predicted octanol–water partition coefficient (Wildman–Crippen LogP) is 4.35. The fourth-order valence-corrected chi connectivity index (χ4v) is 5.92. The highest BCUT2D eigenvalue weighted by Crippen LogP contribution is 2.39. The molecule has 0 bridgehead atoms. The van der Waals surface area contributed by atoms with E-state index in [4.69, 9.17) is 21.3 Å². The van der Waals surface area contributed by atoms with Gasteiger partial charge in [-0.3, -0.25) is 4.99 Å². The van der Waals surface area contributed by atoms with Gasteiger partial charge in [-0.2, -0.15) is 0 Å². The van der Waals surface area contributed by atoms with Gasteiger partial charge in [0.1, 0.15) is 0 Å². The summed E-state index contributed by atoms with van der Waals surface area (Å²) in [7, 11) is 0. The third kappa shape index (κ3) is 5.74. The van der Waals surface area contributed by atoms with E-state index in [1.807, 2.05) is 12.1 Å². The van der Waals surface area contributed by atoms with Crippen LogP contribution in [0.15, 0.2) is 29.3 Å². The Bertz CT molecular complexity index is 720. The molecule has 1 aromatic rings. The van der Waals surface area contributed by atoms with Crippen LogP contribution in [0.1, 0.15) is 63.9 Å². The molecule has 0 radical (unpaired) electrons. The van der Waals surface area contributed by atoms with E-state index >= 15 is 0 Å². The summed E-state index contributed by atoms with van der Waals surface area (Å²) in [6, 6.07) is 9.60. The third-order valence-electron chi connectivity index (χ3n) is 7.49. The van der Waals surface area contributed by atoms with Gasteiger partial charge in [0.2, 0.25) is 0 Å². The van der Waals surface area contributed by atoms with Crippen LogP contribution in [0.3, 0.4) is 0 Å². The van der Waals surface area contributed by atoms with E-state index in [0.29, 0.717) is 6.04 Å². The lowest BCUT2D eigenvalue weighted by Crippen LogP contribution is -2.50. The topological polar surface area (TPSA) is 48.9 Å². The Kier molecular flexibility index (Phi) is 8.13. The van der Waals surface area contributed by atoms with Crippen LogP contribution in [0.4, 0.5) is 0 Å². The molecule has 5 nitrogen and oxygen atoms in total. The van der Waals surface area contributed by atoms with Gasteiger partial charge in [0.15, 0.2) is 5.96 Å². The van der Waals surface area contributed by atoms with Gasteiger partial charge >= 0.3 is 0 Å². The lowest BCUT2D eigenvalue weighted by Gasteiger charge is -2.38. The Balaban J connectivity index is 1.41. The predicted molar refractivity (Wildman–Crippen MR) is 129 cm³/mol. The summed E-state index contributed by atoms with van der Waals surface area (Å²) >= 11 is 6.62. The standard InChI is InChI=1S/C25H39ClN4O/c1-2-27-24(29-20-11-15-30(16-12-20)21-7-3-4-8-21)28-19-25(13-17-31-18-14-25)22-9-5-6-10-23(22)26/h5-6,9-10,20-21H,2-4,7-8,11-19H2,1H3,(H2,27,28,29). The number of likely N-dealkylation sites (tertiary alicyclic amines) is 1. The van der Waals surface area contributed by atoms with E-state index in [-0.39, 0.29) is 5.41 Å². The molecule has 2 N–H and O–H groups in total. The SMILES string of the molecule is CCNC(=NCC1(c2ccccc2Cl)CCOCC1)NC1CCN(C2CCCC2)CC1. The van der Waals surface area contributed by atoms with Gasteiger partial charge < -0.3 is 20.3 Å². The highest BCUT2D eigenvalue weighted by atomic mass is 35.5. The molecule has 2 aliphatic heterocycles. The molecule has 1 aromatic carbocycles. The van der Waals surface area contributed by atoms with Gasteiger partial charge in [-0.05, 0) is 57.1 Å². The van der Waals surface area contributed by atoms with Gasteiger partial charge in [0.25, 0.3) is 0 Å². The fraction of sp³-hybridized carbons (Fsp3) is 0.720. The van der Waals surface area contributed by atoms with Crippen molar-refractivity contribution in [2.75, 3.05) is 39.4 Å². The zero-order valence-electron chi connectivity index (χ0n) is 19.0. The quantitative estimate of drug-likeness (QED) is 0.503. The van der Waals surface area contributed by atoms with Crippen LogP contribution in [-0.4, -0.2) is 62.3 Å². The number of hydrogen-bond donors (Lipinski definition) is 2. The molecule has 31 heavy (non-hydrogen) atoms. The number of nitrogens with one attached hydrogen (secondary N) is 2. The Morgan fingerprint density at radius 3 is 2.52 bits per heavy atom. The maximum absolute atomic E-state index is 6.62. The normalized spacial score (nSPS) is 23.7. The number of hydrogen-bond acceptors (Lipinski definition) is 3. The lowest BCUT2D eigenvalue weighted by atomic mass is 9.74. The second-order valence-electron chi connectivity index (χ2n) is 9.46. The minimum absolute atomic E-state index is 0.0508. The number of guanidine groups is 1. The van der Waals surface area contributed by atoms with Crippen molar-refractivity contribution >= 4 is 17.6 Å². The van der Waals surface area contributed by atoms with E-state index in [9.17, 15) is 0 Å². The fourth-order valence-electron chi connectivity index (χ4n) is 5.59. The Morgan fingerprint density at radius 1 is 1.13 bits per heavy atom. The molecule has 0 unspecified atom stereocenters. The summed E-state index contributed by atoms with van der Waals surface area (Å²) in [5.41, 5.74) is 1.16. The minimum Gasteiger partial charge on any atom is -0.381 e. The van der Waals surface area contributed by atoms with Crippen LogP contribution < -0.4 is 10.6 Å². The van der Waals surface area contributed by atoms with Crippen LogP contribution >= 0.6 is 11.6 Å². The first-order valence-electron chi connectivity index (χ1n) is 12.3. The monoisotopic (exact) mass is 446 g/mol. The highest BCUT2D eigenvalue weighted by Gasteiger charge is 2.36. The number of halogens is 1. The first-order valence-corrected chi connectivity index (χ1v) is 12.7. The molecule has 6 heteroatoms. The maximum Gasteiger partial charge on any atom is 0.191 e. The lowest BCUT2D eigenvalue weighted by molar-refractivity contribution is 0.0531. The van der Waals surface area contributed by atoms with Crippen LogP contribution in [0.25, 0.3) is 0 Å². The largest absolute Gasteiger partial charge is 0.381 e. The molecular weight excluding hydrogens is 408 g/mol. The van der Waals surface area contributed by atoms with Crippen LogP contribution in [0, 0.1) is 0 Å². The molecule has 4 rings (SSSR count). The second-order valence-corrected chi connectivity index (χ2v) is 9.87. The van der Waals surface area contributed by atoms with E-state index in [1.165, 1.54) is 57.2 Å². The molecule has 0 amide bonds. The van der Waals surface area contributed by atoms with Gasteiger partial charge in [0, 0.05) is 55.4 Å². The summed E-state index contributed by atoms with van der Waals surface area (Å²) in [6.45, 7) is 7.70. The van der Waals surface area contributed by atoms with Crippen molar-refractivity contribution in [1.29, 1.82) is 0 Å². The van der Waals surface area contributed by atoms with Gasteiger partial charge in [0.05, 0.1) is 6.54 Å². The molecule has 2 heterocycles. The molecular formula is C25H39ClN4O. The summed E-state index contributed by atoms with van der Waals surface area (Å²) in [5.74, 6) is 0.944. The van der Waals surface area contributed by atoms with Gasteiger partial charge in [-0.1, -0.05) is 42.6 Å². The van der Waals surface area contributed by atoms with Crippen molar-refractivity contribution in [1.82, 2.24) is 15.5 Å². The first kappa shape index (κ1) is 22.9. The van der Waals surface area contributed by atoms with Crippen molar-refractivity contribution < 1.29 is 4.74 Å². The summed E-state index contributed by atoms with van der Waals surface area (Å²) in [5, 5.41) is 8.06. The summed E-state index contributed by atoms with van der Waals surface area (Å²) in [6.07, 6.45) is 9.94. The van der Waals surface area contributed by atoms with Crippen molar-refractivity contribution in [2.24, 2.45) is 4.99 Å². The number of piperidine rings is 1. The average molecular weight is 447 g/mol. The first-order chi connectivity index (χ1) is 15.2. The number of ether oxygens (including phenoxy) is 1. The number of aliphatic imine (C=N–C) groups is 1. The van der Waals surface area contributed by atoms with E-state index in [1.54, 1.807) is 0 Å². The van der Waals surface area contributed by atoms with Crippen molar-refractivity contribution in [2.45, 2.75) is 75.8 Å². The van der Waals surface area contributed by atoms with Gasteiger partial charge in [-0.25, -0.2) is 0 Å². The van der Waals surface area contributed by atoms with Crippen LogP contribution in [-0.2, 0) is 10.2 Å². The smallest absolute Gasteiger partial charge is 0.191 e. The zero-order chi connectivity index (χ0) is 21.5. The molecule has 2 saturated heterocycles. The third-order valence-corrected chi connectivity index (χ3v) is 7.82. The summed E-state index contributed by atoms with van der Waals surface area (Å²) < 4.78 is 5.69. The van der Waals surface area contributed by atoms with Crippen molar-refractivity contribution in [3.8, 4) is 0 Å². The molecule has 1 aliphatic carbocycles. The van der Waals surface area contributed by atoms with Crippen molar-refractivity contribution in [3.05, 3.63) is 34.9 Å². The number of nitrogens with zero attached hydrogens (tertiary/aromatic N) is 2. The van der Waals surface area contributed by atoms with E-state index in [2.05, 4.69) is 34.6 Å². The molecule has 0 aromatic heterocycles. The molecule has 172 valence electrons. The number of rotatable bonds is 6. The molecule has 3 fully saturated rings.